The molecular weight excluding hydrogens is 192 g/mol. The Balaban J connectivity index is 3.20. The lowest BCUT2D eigenvalue weighted by atomic mass is 10.0. The van der Waals surface area contributed by atoms with Crippen molar-refractivity contribution in [1.82, 2.24) is 0 Å². The smallest absolute Gasteiger partial charge is 0.168 e. The van der Waals surface area contributed by atoms with Gasteiger partial charge in [-0.05, 0) is 13.0 Å². The lowest BCUT2D eigenvalue weighted by Crippen LogP contribution is -2.24. The second-order valence-corrected chi connectivity index (χ2v) is 3.13. The number of hydrogen-bond donors (Lipinski definition) is 3. The molecule has 0 radical (unpaired) electrons. The molecular formula is C9H11F2NO2. The highest BCUT2D eigenvalue weighted by atomic mass is 19.1. The van der Waals surface area contributed by atoms with Gasteiger partial charge in [0, 0.05) is 17.7 Å². The van der Waals surface area contributed by atoms with Gasteiger partial charge in [0.1, 0.15) is 5.82 Å². The van der Waals surface area contributed by atoms with Gasteiger partial charge in [-0.3, -0.25) is 0 Å². The SMILES string of the molecule is CC(N)C(O)c1cc(F)cc(F)c1O. The molecule has 0 aromatic heterocycles. The second kappa shape index (κ2) is 3.89. The van der Waals surface area contributed by atoms with Crippen LogP contribution in [0.4, 0.5) is 8.78 Å². The van der Waals surface area contributed by atoms with Crippen LogP contribution >= 0.6 is 0 Å². The molecule has 2 atom stereocenters. The summed E-state index contributed by atoms with van der Waals surface area (Å²) in [5, 5.41) is 18.6. The van der Waals surface area contributed by atoms with Crippen LogP contribution in [-0.2, 0) is 0 Å². The van der Waals surface area contributed by atoms with Crippen molar-refractivity contribution in [1.29, 1.82) is 0 Å². The first-order valence-corrected chi connectivity index (χ1v) is 4.05. The summed E-state index contributed by atoms with van der Waals surface area (Å²) in [5.41, 5.74) is 5.09. The van der Waals surface area contributed by atoms with E-state index in [2.05, 4.69) is 0 Å². The van der Waals surface area contributed by atoms with Crippen LogP contribution in [0.5, 0.6) is 5.75 Å². The molecule has 0 amide bonds. The minimum absolute atomic E-state index is 0.238. The molecule has 78 valence electrons. The standard InChI is InChI=1S/C9H11F2NO2/c1-4(12)8(13)6-2-5(10)3-7(11)9(6)14/h2-4,8,13-14H,12H2,1H3. The van der Waals surface area contributed by atoms with Crippen molar-refractivity contribution in [3.8, 4) is 5.75 Å². The van der Waals surface area contributed by atoms with Crippen molar-refractivity contribution in [3.63, 3.8) is 0 Å². The molecule has 0 aliphatic heterocycles. The lowest BCUT2D eigenvalue weighted by Gasteiger charge is -2.16. The maximum absolute atomic E-state index is 12.8. The first-order chi connectivity index (χ1) is 6.43. The van der Waals surface area contributed by atoms with Gasteiger partial charge in [-0.15, -0.1) is 0 Å². The largest absolute Gasteiger partial charge is 0.505 e. The maximum atomic E-state index is 12.8. The summed E-state index contributed by atoms with van der Waals surface area (Å²) in [7, 11) is 0. The highest BCUT2D eigenvalue weighted by molar-refractivity contribution is 5.36. The molecule has 3 nitrogen and oxygen atoms in total. The van der Waals surface area contributed by atoms with E-state index in [9.17, 15) is 19.0 Å². The Morgan fingerprint density at radius 2 is 1.93 bits per heavy atom. The molecule has 1 aromatic rings. The number of aromatic hydroxyl groups is 1. The predicted octanol–water partition coefficient (Wildman–Crippen LogP) is 1.05. The Kier molecular flexibility index (Phi) is 3.03. The van der Waals surface area contributed by atoms with E-state index in [1.807, 2.05) is 0 Å². The molecule has 1 rings (SSSR count). The molecule has 5 heteroatoms. The molecule has 0 heterocycles. The number of benzene rings is 1. The minimum Gasteiger partial charge on any atom is -0.505 e. The van der Waals surface area contributed by atoms with Crippen molar-refractivity contribution < 1.29 is 19.0 Å². The van der Waals surface area contributed by atoms with Crippen LogP contribution in [0, 0.1) is 11.6 Å². The van der Waals surface area contributed by atoms with Crippen LogP contribution in [0.15, 0.2) is 12.1 Å². The highest BCUT2D eigenvalue weighted by Gasteiger charge is 2.20. The Morgan fingerprint density at radius 3 is 2.43 bits per heavy atom. The third kappa shape index (κ3) is 2.00. The summed E-state index contributed by atoms with van der Waals surface area (Å²) in [4.78, 5) is 0. The van der Waals surface area contributed by atoms with E-state index in [4.69, 9.17) is 5.73 Å². The van der Waals surface area contributed by atoms with E-state index in [1.54, 1.807) is 0 Å². The van der Waals surface area contributed by atoms with Crippen molar-refractivity contribution in [3.05, 3.63) is 29.3 Å². The Bertz CT molecular complexity index is 342. The number of aliphatic hydroxyl groups excluding tert-OH is 1. The van der Waals surface area contributed by atoms with Crippen LogP contribution < -0.4 is 5.73 Å². The lowest BCUT2D eigenvalue weighted by molar-refractivity contribution is 0.148. The molecule has 0 bridgehead atoms. The maximum Gasteiger partial charge on any atom is 0.168 e. The van der Waals surface area contributed by atoms with Crippen LogP contribution in [0.25, 0.3) is 0 Å². The molecule has 0 fully saturated rings. The van der Waals surface area contributed by atoms with E-state index >= 15 is 0 Å². The molecule has 0 saturated heterocycles. The number of hydrogen-bond acceptors (Lipinski definition) is 3. The Hall–Kier alpha value is -1.20. The van der Waals surface area contributed by atoms with Gasteiger partial charge in [-0.2, -0.15) is 0 Å². The summed E-state index contributed by atoms with van der Waals surface area (Å²) in [6.45, 7) is 1.47. The molecule has 0 aliphatic rings. The molecule has 0 spiro atoms. The number of aliphatic hydroxyl groups is 1. The van der Waals surface area contributed by atoms with Crippen LogP contribution in [0.3, 0.4) is 0 Å². The number of phenols is 1. The van der Waals surface area contributed by atoms with E-state index in [0.717, 1.165) is 6.07 Å². The van der Waals surface area contributed by atoms with Gasteiger partial charge in [-0.1, -0.05) is 0 Å². The third-order valence-electron chi connectivity index (χ3n) is 1.87. The van der Waals surface area contributed by atoms with Crippen LogP contribution in [-0.4, -0.2) is 16.3 Å². The number of halogens is 2. The highest BCUT2D eigenvalue weighted by Crippen LogP contribution is 2.29. The topological polar surface area (TPSA) is 66.5 Å². The fraction of sp³-hybridized carbons (Fsp3) is 0.333. The van der Waals surface area contributed by atoms with Crippen LogP contribution in [0.1, 0.15) is 18.6 Å². The first kappa shape index (κ1) is 10.9. The van der Waals surface area contributed by atoms with Crippen molar-refractivity contribution in [2.75, 3.05) is 0 Å². The summed E-state index contributed by atoms with van der Waals surface area (Å²) < 4.78 is 25.6. The van der Waals surface area contributed by atoms with E-state index in [-0.39, 0.29) is 5.56 Å². The normalized spacial score (nSPS) is 15.2. The fourth-order valence-electron chi connectivity index (χ4n) is 1.09. The quantitative estimate of drug-likeness (QED) is 0.673. The minimum atomic E-state index is -1.29. The van der Waals surface area contributed by atoms with Gasteiger partial charge in [-0.25, -0.2) is 8.78 Å². The first-order valence-electron chi connectivity index (χ1n) is 4.05. The summed E-state index contributed by atoms with van der Waals surface area (Å²) in [6, 6.07) is 0.668. The second-order valence-electron chi connectivity index (χ2n) is 3.13. The van der Waals surface area contributed by atoms with Gasteiger partial charge in [0.15, 0.2) is 11.6 Å². The zero-order valence-corrected chi connectivity index (χ0v) is 7.54. The monoisotopic (exact) mass is 203 g/mol. The summed E-state index contributed by atoms with van der Waals surface area (Å²) >= 11 is 0. The molecule has 4 N–H and O–H groups in total. The average molecular weight is 203 g/mol. The zero-order valence-electron chi connectivity index (χ0n) is 7.54. The van der Waals surface area contributed by atoms with Gasteiger partial charge < -0.3 is 15.9 Å². The Labute approximate surface area is 79.8 Å². The number of rotatable bonds is 2. The van der Waals surface area contributed by atoms with E-state index < -0.39 is 29.5 Å². The van der Waals surface area contributed by atoms with Crippen LogP contribution in [0.2, 0.25) is 0 Å². The van der Waals surface area contributed by atoms with E-state index in [0.29, 0.717) is 6.07 Å². The van der Waals surface area contributed by atoms with Gasteiger partial charge in [0.2, 0.25) is 0 Å². The molecule has 2 unspecified atom stereocenters. The van der Waals surface area contributed by atoms with Gasteiger partial charge in [0.25, 0.3) is 0 Å². The number of nitrogens with two attached hydrogens (primary N) is 1. The molecule has 0 saturated carbocycles. The van der Waals surface area contributed by atoms with Crippen molar-refractivity contribution in [2.45, 2.75) is 19.1 Å². The van der Waals surface area contributed by atoms with Gasteiger partial charge >= 0.3 is 0 Å². The Morgan fingerprint density at radius 1 is 1.36 bits per heavy atom. The van der Waals surface area contributed by atoms with Gasteiger partial charge in [0.05, 0.1) is 6.10 Å². The predicted molar refractivity (Wildman–Crippen MR) is 46.6 cm³/mol. The van der Waals surface area contributed by atoms with Crippen molar-refractivity contribution >= 4 is 0 Å². The van der Waals surface area contributed by atoms with Crippen molar-refractivity contribution in [2.24, 2.45) is 5.73 Å². The molecule has 1 aromatic carbocycles. The number of phenolic OH excluding ortho intramolecular Hbond substituents is 1. The van der Waals surface area contributed by atoms with E-state index in [1.165, 1.54) is 6.92 Å². The zero-order chi connectivity index (χ0) is 10.9. The average Bonchev–Trinajstić information content (AvgIpc) is 2.09. The molecule has 14 heavy (non-hydrogen) atoms. The third-order valence-corrected chi connectivity index (χ3v) is 1.87. The molecule has 0 aliphatic carbocycles. The summed E-state index contributed by atoms with van der Waals surface area (Å²) in [5.74, 6) is -2.74. The fourth-order valence-corrected chi connectivity index (χ4v) is 1.09. The summed E-state index contributed by atoms with van der Waals surface area (Å²) in [6.07, 6.45) is -1.29.